The first-order valence-electron chi connectivity index (χ1n) is 8.66. The summed E-state index contributed by atoms with van der Waals surface area (Å²) in [6, 6.07) is 11.8. The molecular formula is C20H26N4O. The minimum atomic E-state index is 0.0867. The van der Waals surface area contributed by atoms with Crippen LogP contribution in [0.2, 0.25) is 0 Å². The van der Waals surface area contributed by atoms with E-state index >= 15 is 0 Å². The zero-order chi connectivity index (χ0) is 18.1. The minimum Gasteiger partial charge on any atom is -0.384 e. The van der Waals surface area contributed by atoms with Gasteiger partial charge >= 0.3 is 0 Å². The molecule has 0 saturated heterocycles. The number of pyridine rings is 1. The second-order valence-corrected chi connectivity index (χ2v) is 6.35. The number of amides is 1. The van der Waals surface area contributed by atoms with Crippen LogP contribution in [0.4, 0.5) is 0 Å². The molecule has 0 spiro atoms. The van der Waals surface area contributed by atoms with Gasteiger partial charge in [0.1, 0.15) is 5.84 Å². The first-order valence-corrected chi connectivity index (χ1v) is 8.66. The largest absolute Gasteiger partial charge is 0.384 e. The topological polar surface area (TPSA) is 91.9 Å². The zero-order valence-electron chi connectivity index (χ0n) is 14.7. The molecule has 1 aromatic heterocycles. The van der Waals surface area contributed by atoms with Crippen LogP contribution in [0, 0.1) is 5.41 Å². The van der Waals surface area contributed by atoms with E-state index in [4.69, 9.17) is 11.1 Å². The van der Waals surface area contributed by atoms with Crippen LogP contribution >= 0.6 is 0 Å². The Balaban J connectivity index is 1.64. The third-order valence-corrected chi connectivity index (χ3v) is 4.06. The summed E-state index contributed by atoms with van der Waals surface area (Å²) in [7, 11) is 0. The maximum Gasteiger partial charge on any atom is 0.220 e. The molecule has 0 saturated carbocycles. The van der Waals surface area contributed by atoms with Gasteiger partial charge in [0.05, 0.1) is 0 Å². The Labute approximate surface area is 149 Å². The molecule has 0 bridgehead atoms. The van der Waals surface area contributed by atoms with Crippen LogP contribution in [0.3, 0.4) is 0 Å². The van der Waals surface area contributed by atoms with Gasteiger partial charge in [-0.1, -0.05) is 30.3 Å². The third kappa shape index (κ3) is 6.75. The van der Waals surface area contributed by atoms with E-state index in [0.29, 0.717) is 6.42 Å². The lowest BCUT2D eigenvalue weighted by atomic mass is 10.0. The van der Waals surface area contributed by atoms with Crippen LogP contribution in [-0.2, 0) is 17.6 Å². The molecule has 0 aliphatic heterocycles. The van der Waals surface area contributed by atoms with Crippen LogP contribution in [0.25, 0.3) is 0 Å². The van der Waals surface area contributed by atoms with E-state index in [-0.39, 0.29) is 17.8 Å². The highest BCUT2D eigenvalue weighted by atomic mass is 16.1. The number of benzene rings is 1. The molecule has 1 heterocycles. The van der Waals surface area contributed by atoms with Gasteiger partial charge in [0.15, 0.2) is 0 Å². The van der Waals surface area contributed by atoms with Crippen molar-refractivity contribution in [2.75, 3.05) is 0 Å². The molecular weight excluding hydrogens is 312 g/mol. The average Bonchev–Trinajstić information content (AvgIpc) is 2.60. The normalized spacial score (nSPS) is 11.7. The molecule has 1 atom stereocenters. The predicted octanol–water partition coefficient (Wildman–Crippen LogP) is 2.83. The fraction of sp³-hybridized carbons (Fsp3) is 0.350. The Morgan fingerprint density at radius 1 is 1.20 bits per heavy atom. The molecule has 1 amide bonds. The maximum atomic E-state index is 12.0. The standard InChI is InChI=1S/C20H26N4O/c1-15(13-17-6-4-12-23-14-17)24-19(25)7-3-2-5-16-8-10-18(11-9-16)20(21)22/h4,6,8-12,14-15H,2-3,5,7,13H2,1H3,(H3,21,22)(H,24,25). The van der Waals surface area contributed by atoms with E-state index in [1.807, 2.05) is 49.5 Å². The number of nitrogens with zero attached hydrogens (tertiary/aromatic N) is 1. The van der Waals surface area contributed by atoms with Crippen LogP contribution in [-0.4, -0.2) is 22.8 Å². The van der Waals surface area contributed by atoms with Gasteiger partial charge in [-0.2, -0.15) is 0 Å². The molecule has 4 N–H and O–H groups in total. The lowest BCUT2D eigenvalue weighted by Gasteiger charge is -2.13. The fourth-order valence-corrected chi connectivity index (χ4v) is 2.74. The molecule has 5 heteroatoms. The summed E-state index contributed by atoms with van der Waals surface area (Å²) in [6.45, 7) is 2.02. The van der Waals surface area contributed by atoms with Crippen molar-refractivity contribution in [3.63, 3.8) is 0 Å². The highest BCUT2D eigenvalue weighted by molar-refractivity contribution is 5.94. The summed E-state index contributed by atoms with van der Waals surface area (Å²) in [6.07, 6.45) is 7.67. The molecule has 2 rings (SSSR count). The molecule has 5 nitrogen and oxygen atoms in total. The number of amidine groups is 1. The van der Waals surface area contributed by atoms with Crippen molar-refractivity contribution in [3.05, 3.63) is 65.5 Å². The number of rotatable bonds is 9. The number of hydrogen-bond acceptors (Lipinski definition) is 3. The van der Waals surface area contributed by atoms with Gasteiger partial charge in [0.2, 0.25) is 5.91 Å². The molecule has 0 aliphatic rings. The molecule has 2 aromatic rings. The van der Waals surface area contributed by atoms with Crippen molar-refractivity contribution in [1.82, 2.24) is 10.3 Å². The van der Waals surface area contributed by atoms with E-state index in [0.717, 1.165) is 36.8 Å². The zero-order valence-corrected chi connectivity index (χ0v) is 14.7. The molecule has 0 aliphatic carbocycles. The van der Waals surface area contributed by atoms with Gasteiger partial charge < -0.3 is 11.1 Å². The van der Waals surface area contributed by atoms with Crippen molar-refractivity contribution in [1.29, 1.82) is 5.41 Å². The minimum absolute atomic E-state index is 0.0867. The number of hydrogen-bond donors (Lipinski definition) is 3. The second-order valence-electron chi connectivity index (χ2n) is 6.35. The van der Waals surface area contributed by atoms with E-state index in [1.54, 1.807) is 6.20 Å². The molecule has 1 aromatic carbocycles. The maximum absolute atomic E-state index is 12.0. The third-order valence-electron chi connectivity index (χ3n) is 4.06. The van der Waals surface area contributed by atoms with Gasteiger partial charge in [-0.15, -0.1) is 0 Å². The summed E-state index contributed by atoms with van der Waals surface area (Å²) >= 11 is 0. The number of carbonyl (C=O) groups is 1. The number of unbranched alkanes of at least 4 members (excludes halogenated alkanes) is 1. The SMILES string of the molecule is CC(Cc1cccnc1)NC(=O)CCCCc1ccc(C(=N)N)cc1. The summed E-state index contributed by atoms with van der Waals surface area (Å²) in [4.78, 5) is 16.1. The van der Waals surface area contributed by atoms with E-state index in [9.17, 15) is 4.79 Å². The Bertz CT molecular complexity index is 683. The summed E-state index contributed by atoms with van der Waals surface area (Å²) in [5.41, 5.74) is 8.52. The van der Waals surface area contributed by atoms with Crippen molar-refractivity contribution in [3.8, 4) is 0 Å². The van der Waals surface area contributed by atoms with Crippen LogP contribution in [0.1, 0.15) is 42.9 Å². The predicted molar refractivity (Wildman–Crippen MR) is 101 cm³/mol. The molecule has 1 unspecified atom stereocenters. The summed E-state index contributed by atoms with van der Waals surface area (Å²) < 4.78 is 0. The van der Waals surface area contributed by atoms with Gasteiger partial charge in [-0.05, 0) is 49.8 Å². The smallest absolute Gasteiger partial charge is 0.220 e. The quantitative estimate of drug-likeness (QED) is 0.373. The molecule has 0 fully saturated rings. The van der Waals surface area contributed by atoms with Crippen LogP contribution in [0.15, 0.2) is 48.8 Å². The van der Waals surface area contributed by atoms with Gasteiger partial charge in [0.25, 0.3) is 0 Å². The number of nitrogen functional groups attached to an aromatic ring is 1. The van der Waals surface area contributed by atoms with Gasteiger partial charge in [0, 0.05) is 30.4 Å². The molecule has 132 valence electrons. The van der Waals surface area contributed by atoms with E-state index < -0.39 is 0 Å². The van der Waals surface area contributed by atoms with Crippen molar-refractivity contribution >= 4 is 11.7 Å². The highest BCUT2D eigenvalue weighted by Gasteiger charge is 2.08. The van der Waals surface area contributed by atoms with Gasteiger partial charge in [-0.3, -0.25) is 15.2 Å². The van der Waals surface area contributed by atoms with Crippen LogP contribution in [0.5, 0.6) is 0 Å². The Kier molecular flexibility index (Phi) is 7.14. The number of nitrogens with two attached hydrogens (primary N) is 1. The number of carbonyl (C=O) groups excluding carboxylic acids is 1. The number of aryl methyl sites for hydroxylation is 1. The van der Waals surface area contributed by atoms with Crippen molar-refractivity contribution < 1.29 is 4.79 Å². The number of nitrogens with one attached hydrogen (secondary N) is 2. The van der Waals surface area contributed by atoms with Gasteiger partial charge in [-0.25, -0.2) is 0 Å². The Hall–Kier alpha value is -2.69. The summed E-state index contributed by atoms with van der Waals surface area (Å²) in [5.74, 6) is 0.187. The highest BCUT2D eigenvalue weighted by Crippen LogP contribution is 2.09. The first kappa shape index (κ1) is 18.6. The molecule has 25 heavy (non-hydrogen) atoms. The Morgan fingerprint density at radius 3 is 2.60 bits per heavy atom. The average molecular weight is 338 g/mol. The van der Waals surface area contributed by atoms with Crippen molar-refractivity contribution in [2.45, 2.75) is 45.1 Å². The number of aromatic nitrogens is 1. The first-order chi connectivity index (χ1) is 12.0. The summed E-state index contributed by atoms with van der Waals surface area (Å²) in [5, 5.41) is 10.4. The van der Waals surface area contributed by atoms with Crippen molar-refractivity contribution in [2.24, 2.45) is 5.73 Å². The van der Waals surface area contributed by atoms with E-state index in [2.05, 4.69) is 10.3 Å². The fourth-order valence-electron chi connectivity index (χ4n) is 2.74. The molecule has 0 radical (unpaired) electrons. The van der Waals surface area contributed by atoms with Crippen LogP contribution < -0.4 is 11.1 Å². The Morgan fingerprint density at radius 2 is 1.96 bits per heavy atom. The monoisotopic (exact) mass is 338 g/mol. The van der Waals surface area contributed by atoms with E-state index in [1.165, 1.54) is 5.56 Å². The lowest BCUT2D eigenvalue weighted by Crippen LogP contribution is -2.33. The second kappa shape index (κ2) is 9.57. The lowest BCUT2D eigenvalue weighted by molar-refractivity contribution is -0.121.